The first-order valence-corrected chi connectivity index (χ1v) is 9.15. The van der Waals surface area contributed by atoms with Crippen LogP contribution >= 0.6 is 15.9 Å². The van der Waals surface area contributed by atoms with E-state index in [1.807, 2.05) is 30.3 Å². The molecule has 3 rings (SSSR count). The van der Waals surface area contributed by atoms with Gasteiger partial charge in [0.2, 0.25) is 0 Å². The second-order valence-corrected chi connectivity index (χ2v) is 6.80. The smallest absolute Gasteiger partial charge is 0.329 e. The van der Waals surface area contributed by atoms with Crippen molar-refractivity contribution in [2.45, 2.75) is 6.54 Å². The van der Waals surface area contributed by atoms with Gasteiger partial charge in [-0.15, -0.1) is 6.42 Å². The van der Waals surface area contributed by atoms with Gasteiger partial charge in [-0.3, -0.25) is 9.69 Å². The third kappa shape index (κ3) is 4.18. The van der Waals surface area contributed by atoms with Crippen LogP contribution in [0.1, 0.15) is 11.1 Å². The molecule has 1 heterocycles. The Morgan fingerprint density at radius 2 is 2.00 bits per heavy atom. The molecule has 0 aromatic heterocycles. The van der Waals surface area contributed by atoms with Crippen molar-refractivity contribution in [3.05, 3.63) is 63.8 Å². The Balaban J connectivity index is 1.93. The molecular formula is C21H17BrN2O4. The van der Waals surface area contributed by atoms with Crippen LogP contribution < -0.4 is 14.8 Å². The Morgan fingerprint density at radius 3 is 2.68 bits per heavy atom. The van der Waals surface area contributed by atoms with E-state index >= 15 is 0 Å². The number of hydrogen-bond acceptors (Lipinski definition) is 4. The monoisotopic (exact) mass is 440 g/mol. The fourth-order valence-corrected chi connectivity index (χ4v) is 3.21. The summed E-state index contributed by atoms with van der Waals surface area (Å²) in [4.78, 5) is 26.2. The van der Waals surface area contributed by atoms with Gasteiger partial charge in [0.1, 0.15) is 12.3 Å². The molecule has 1 fully saturated rings. The number of methoxy groups -OCH3 is 1. The van der Waals surface area contributed by atoms with Crippen molar-refractivity contribution in [2.24, 2.45) is 0 Å². The van der Waals surface area contributed by atoms with E-state index in [0.29, 0.717) is 17.1 Å². The van der Waals surface area contributed by atoms with Gasteiger partial charge in [0.25, 0.3) is 5.91 Å². The summed E-state index contributed by atoms with van der Waals surface area (Å²) in [5.74, 6) is 2.82. The number of ether oxygens (including phenoxy) is 2. The second-order valence-electron chi connectivity index (χ2n) is 5.88. The fourth-order valence-electron chi connectivity index (χ4n) is 2.75. The third-order valence-electron chi connectivity index (χ3n) is 4.01. The molecule has 1 aliphatic rings. The minimum Gasteiger partial charge on any atom is -0.493 e. The topological polar surface area (TPSA) is 67.9 Å². The molecule has 0 aliphatic carbocycles. The highest BCUT2D eigenvalue weighted by Crippen LogP contribution is 2.36. The highest BCUT2D eigenvalue weighted by atomic mass is 79.9. The van der Waals surface area contributed by atoms with Crippen LogP contribution in [0.15, 0.2) is 52.6 Å². The van der Waals surface area contributed by atoms with E-state index in [1.165, 1.54) is 7.11 Å². The zero-order valence-electron chi connectivity index (χ0n) is 15.1. The SMILES string of the molecule is C#CCOc1c(/C=C2/NC(=O)N(Cc3ccccc3)C2=O)cc(Br)cc1OC. The average Bonchev–Trinajstić information content (AvgIpc) is 2.95. The van der Waals surface area contributed by atoms with Gasteiger partial charge in [-0.25, -0.2) is 4.79 Å². The lowest BCUT2D eigenvalue weighted by Crippen LogP contribution is -2.30. The van der Waals surface area contributed by atoms with Crippen LogP contribution in [0.2, 0.25) is 0 Å². The maximum atomic E-state index is 12.7. The van der Waals surface area contributed by atoms with Crippen molar-refractivity contribution >= 4 is 33.9 Å². The second kappa shape index (κ2) is 8.63. The lowest BCUT2D eigenvalue weighted by Gasteiger charge is -2.13. The van der Waals surface area contributed by atoms with Crippen molar-refractivity contribution in [3.8, 4) is 23.8 Å². The Hall–Kier alpha value is -3.24. The number of nitrogens with one attached hydrogen (secondary N) is 1. The van der Waals surface area contributed by atoms with Gasteiger partial charge in [-0.1, -0.05) is 52.2 Å². The van der Waals surface area contributed by atoms with Crippen molar-refractivity contribution < 1.29 is 19.1 Å². The van der Waals surface area contributed by atoms with E-state index in [1.54, 1.807) is 18.2 Å². The maximum absolute atomic E-state index is 12.7. The van der Waals surface area contributed by atoms with E-state index in [0.717, 1.165) is 14.9 Å². The predicted octanol–water partition coefficient (Wildman–Crippen LogP) is 3.56. The van der Waals surface area contributed by atoms with Crippen LogP contribution in [0.4, 0.5) is 4.79 Å². The first-order valence-electron chi connectivity index (χ1n) is 8.35. The van der Waals surface area contributed by atoms with Crippen LogP contribution in [0.3, 0.4) is 0 Å². The molecule has 0 atom stereocenters. The zero-order valence-corrected chi connectivity index (χ0v) is 16.7. The van der Waals surface area contributed by atoms with Crippen LogP contribution in [0.25, 0.3) is 6.08 Å². The number of rotatable bonds is 6. The van der Waals surface area contributed by atoms with Gasteiger partial charge in [0.15, 0.2) is 11.5 Å². The minimum absolute atomic E-state index is 0.0363. The van der Waals surface area contributed by atoms with E-state index in [9.17, 15) is 9.59 Å². The van der Waals surface area contributed by atoms with Gasteiger partial charge in [0.05, 0.1) is 13.7 Å². The predicted molar refractivity (Wildman–Crippen MR) is 109 cm³/mol. The molecule has 2 aromatic carbocycles. The van der Waals surface area contributed by atoms with Crippen LogP contribution in [-0.4, -0.2) is 30.6 Å². The summed E-state index contributed by atoms with van der Waals surface area (Å²) in [6.07, 6.45) is 6.83. The Kier molecular flexibility index (Phi) is 6.02. The average molecular weight is 441 g/mol. The molecule has 1 saturated heterocycles. The minimum atomic E-state index is -0.479. The zero-order chi connectivity index (χ0) is 20.1. The Bertz CT molecular complexity index is 980. The summed E-state index contributed by atoms with van der Waals surface area (Å²) < 4.78 is 11.7. The highest BCUT2D eigenvalue weighted by Gasteiger charge is 2.33. The molecule has 28 heavy (non-hydrogen) atoms. The molecule has 6 nitrogen and oxygen atoms in total. The van der Waals surface area contributed by atoms with Crippen molar-refractivity contribution in [1.29, 1.82) is 0 Å². The summed E-state index contributed by atoms with van der Waals surface area (Å²) >= 11 is 3.40. The molecule has 0 radical (unpaired) electrons. The number of nitrogens with zero attached hydrogens (tertiary/aromatic N) is 1. The summed E-state index contributed by atoms with van der Waals surface area (Å²) in [6.45, 7) is 0.222. The molecule has 1 aliphatic heterocycles. The van der Waals surface area contributed by atoms with Crippen LogP contribution in [-0.2, 0) is 11.3 Å². The van der Waals surface area contributed by atoms with Crippen molar-refractivity contribution in [1.82, 2.24) is 10.2 Å². The quantitative estimate of drug-likeness (QED) is 0.423. The molecule has 0 unspecified atom stereocenters. The van der Waals surface area contributed by atoms with E-state index in [4.69, 9.17) is 15.9 Å². The van der Waals surface area contributed by atoms with Crippen molar-refractivity contribution in [2.75, 3.05) is 13.7 Å². The van der Waals surface area contributed by atoms with Crippen molar-refractivity contribution in [3.63, 3.8) is 0 Å². The summed E-state index contributed by atoms with van der Waals surface area (Å²) in [5, 5.41) is 2.61. The third-order valence-corrected chi connectivity index (χ3v) is 4.47. The first kappa shape index (κ1) is 19.5. The molecule has 0 saturated carbocycles. The molecule has 142 valence electrons. The van der Waals surface area contributed by atoms with Gasteiger partial charge in [-0.05, 0) is 23.8 Å². The lowest BCUT2D eigenvalue weighted by molar-refractivity contribution is -0.123. The summed E-state index contributed by atoms with van der Waals surface area (Å²) in [5.41, 5.74) is 1.55. The number of amides is 3. The Labute approximate surface area is 171 Å². The van der Waals surface area contributed by atoms with Gasteiger partial charge in [-0.2, -0.15) is 0 Å². The van der Waals surface area contributed by atoms with Crippen LogP contribution in [0, 0.1) is 12.3 Å². The molecule has 0 bridgehead atoms. The highest BCUT2D eigenvalue weighted by molar-refractivity contribution is 9.10. The summed E-state index contributed by atoms with van der Waals surface area (Å²) in [6, 6.07) is 12.3. The number of terminal acetylenes is 1. The van der Waals surface area contributed by atoms with Gasteiger partial charge >= 0.3 is 6.03 Å². The number of imide groups is 1. The number of carbonyl (C=O) groups is 2. The number of benzene rings is 2. The molecule has 7 heteroatoms. The normalized spacial score (nSPS) is 14.8. The maximum Gasteiger partial charge on any atom is 0.329 e. The van der Waals surface area contributed by atoms with E-state index in [-0.39, 0.29) is 18.8 Å². The lowest BCUT2D eigenvalue weighted by atomic mass is 10.1. The molecule has 3 amide bonds. The van der Waals surface area contributed by atoms with E-state index in [2.05, 4.69) is 27.2 Å². The molecule has 2 aromatic rings. The number of hydrogen-bond donors (Lipinski definition) is 1. The molecular weight excluding hydrogens is 424 g/mol. The fraction of sp³-hybridized carbons (Fsp3) is 0.143. The van der Waals surface area contributed by atoms with Gasteiger partial charge < -0.3 is 14.8 Å². The first-order chi connectivity index (χ1) is 13.5. The number of urea groups is 1. The van der Waals surface area contributed by atoms with Gasteiger partial charge in [0, 0.05) is 10.0 Å². The number of carbonyl (C=O) groups excluding carboxylic acids is 2. The molecule has 0 spiro atoms. The van der Waals surface area contributed by atoms with E-state index < -0.39 is 11.9 Å². The summed E-state index contributed by atoms with van der Waals surface area (Å²) in [7, 11) is 1.51. The number of halogens is 1. The standard InChI is InChI=1S/C21H17BrN2O4/c1-3-9-28-19-15(10-16(22)12-18(19)27-2)11-17-20(25)24(21(26)23-17)13-14-7-5-4-6-8-14/h1,4-8,10-12H,9,13H2,2H3,(H,23,26)/b17-11+. The molecule has 1 N–H and O–H groups in total. The Morgan fingerprint density at radius 1 is 1.25 bits per heavy atom. The van der Waals surface area contributed by atoms with Crippen LogP contribution in [0.5, 0.6) is 11.5 Å². The largest absolute Gasteiger partial charge is 0.493 e.